The molecule has 2 aromatic heterocycles. The Bertz CT molecular complexity index is 887. The van der Waals surface area contributed by atoms with Gasteiger partial charge in [-0.15, -0.1) is 0 Å². The lowest BCUT2D eigenvalue weighted by molar-refractivity contribution is -0.0513. The predicted molar refractivity (Wildman–Crippen MR) is 105 cm³/mol. The highest BCUT2D eigenvalue weighted by atomic mass is 19.1. The van der Waals surface area contributed by atoms with E-state index in [4.69, 9.17) is 19.9 Å². The van der Waals surface area contributed by atoms with E-state index in [1.54, 1.807) is 0 Å². The molecule has 164 valence electrons. The molecule has 3 fully saturated rings. The van der Waals surface area contributed by atoms with Gasteiger partial charge in [-0.2, -0.15) is 9.97 Å². The van der Waals surface area contributed by atoms with Crippen molar-refractivity contribution in [3.8, 4) is 0 Å². The van der Waals surface area contributed by atoms with Crippen LogP contribution in [-0.4, -0.2) is 107 Å². The Balaban J connectivity index is 1.41. The number of hydrogen-bond acceptors (Lipinski definition) is 10. The van der Waals surface area contributed by atoms with Gasteiger partial charge in [0.25, 0.3) is 0 Å². The first kappa shape index (κ1) is 19.8. The number of imidazole rings is 1. The molecule has 0 aromatic carbocycles. The van der Waals surface area contributed by atoms with Crippen molar-refractivity contribution < 1.29 is 23.7 Å². The number of fused-ring (bicyclic) bond motifs is 1. The summed E-state index contributed by atoms with van der Waals surface area (Å²) in [5.74, 6) is 0.669. The van der Waals surface area contributed by atoms with E-state index in [-0.39, 0.29) is 5.82 Å². The topological polar surface area (TPSA) is 124 Å². The lowest BCUT2D eigenvalue weighted by atomic mass is 10.1. The Morgan fingerprint density at radius 3 is 2.53 bits per heavy atom. The fourth-order valence-corrected chi connectivity index (χ4v) is 4.13. The van der Waals surface area contributed by atoms with E-state index >= 15 is 4.39 Å². The Morgan fingerprint density at radius 2 is 1.80 bits per heavy atom. The highest BCUT2D eigenvalue weighted by Crippen LogP contribution is 2.35. The second-order valence-electron chi connectivity index (χ2n) is 7.75. The Labute approximate surface area is 172 Å². The van der Waals surface area contributed by atoms with Crippen LogP contribution in [0, 0.1) is 0 Å². The monoisotopic (exact) mass is 423 g/mol. The van der Waals surface area contributed by atoms with Crippen LogP contribution in [0.3, 0.4) is 0 Å². The first-order valence-corrected chi connectivity index (χ1v) is 10.2. The highest BCUT2D eigenvalue weighted by molar-refractivity contribution is 5.83. The molecule has 4 atom stereocenters. The minimum Gasteiger partial charge on any atom is -0.387 e. The predicted octanol–water partition coefficient (Wildman–Crippen LogP) is -0.826. The first-order chi connectivity index (χ1) is 14.6. The van der Waals surface area contributed by atoms with Gasteiger partial charge in [0.2, 0.25) is 5.95 Å². The van der Waals surface area contributed by atoms with Gasteiger partial charge in [-0.1, -0.05) is 0 Å². The summed E-state index contributed by atoms with van der Waals surface area (Å²) in [4.78, 5) is 17.3. The average molecular weight is 423 g/mol. The van der Waals surface area contributed by atoms with E-state index in [9.17, 15) is 5.11 Å². The number of aliphatic hydroxyl groups is 1. The third-order valence-corrected chi connectivity index (χ3v) is 5.84. The maximum absolute atomic E-state index is 15.1. The highest BCUT2D eigenvalue weighted by Gasteiger charge is 2.46. The van der Waals surface area contributed by atoms with Crippen LogP contribution in [0.4, 0.5) is 16.2 Å². The number of nitrogens with zero attached hydrogens (tertiary/aromatic N) is 6. The molecule has 5 heterocycles. The number of halogens is 1. The smallest absolute Gasteiger partial charge is 0.229 e. The Kier molecular flexibility index (Phi) is 5.41. The van der Waals surface area contributed by atoms with E-state index in [1.807, 2.05) is 4.90 Å². The molecule has 3 saturated heterocycles. The Morgan fingerprint density at radius 1 is 1.10 bits per heavy atom. The van der Waals surface area contributed by atoms with Crippen molar-refractivity contribution >= 4 is 22.9 Å². The summed E-state index contributed by atoms with van der Waals surface area (Å²) in [5.41, 5.74) is 6.87. The number of aromatic nitrogens is 4. The van der Waals surface area contributed by atoms with Crippen LogP contribution in [0.2, 0.25) is 0 Å². The third-order valence-electron chi connectivity index (χ3n) is 5.84. The molecule has 2 aromatic rings. The normalized spacial score (nSPS) is 30.9. The second-order valence-corrected chi connectivity index (χ2v) is 7.75. The van der Waals surface area contributed by atoms with Crippen molar-refractivity contribution in [2.75, 3.05) is 69.8 Å². The van der Waals surface area contributed by atoms with Gasteiger partial charge < -0.3 is 30.0 Å². The van der Waals surface area contributed by atoms with Gasteiger partial charge in [0.15, 0.2) is 23.9 Å². The number of anilines is 2. The van der Waals surface area contributed by atoms with Gasteiger partial charge in [-0.25, -0.2) is 9.37 Å². The molecule has 11 nitrogen and oxygen atoms in total. The number of rotatable bonds is 4. The van der Waals surface area contributed by atoms with E-state index in [2.05, 4.69) is 19.9 Å². The van der Waals surface area contributed by atoms with Gasteiger partial charge >= 0.3 is 0 Å². The number of nitrogens with two attached hydrogens (primary N) is 1. The standard InChI is InChI=1S/C18H26FN7O4/c19-12-14(27)11(9-24-1-5-28-6-2-24)30-17(12)26-10-21-13-15(20)22-18(23-16(13)26)25-3-7-29-8-4-25/h10-12,14,17,27H,1-9H2,(H2,20,22,23)/t11-,12+,14-,17-/m1/s1. The maximum Gasteiger partial charge on any atom is 0.229 e. The van der Waals surface area contributed by atoms with Gasteiger partial charge in [0, 0.05) is 32.7 Å². The summed E-state index contributed by atoms with van der Waals surface area (Å²) in [5, 5.41) is 10.5. The molecule has 12 heteroatoms. The average Bonchev–Trinajstić information content (AvgIpc) is 3.32. The van der Waals surface area contributed by atoms with Crippen molar-refractivity contribution in [3.05, 3.63) is 6.33 Å². The molecule has 0 radical (unpaired) electrons. The summed E-state index contributed by atoms with van der Waals surface area (Å²) >= 11 is 0. The largest absolute Gasteiger partial charge is 0.387 e. The van der Waals surface area contributed by atoms with Crippen molar-refractivity contribution in [3.63, 3.8) is 0 Å². The number of morpholine rings is 2. The Hall–Kier alpha value is -2.12. The SMILES string of the molecule is Nc1nc(N2CCOCC2)nc2c1ncn2[C@@H]1O[C@H](CN2CCOCC2)[C@@H](O)[C@@H]1F. The van der Waals surface area contributed by atoms with Gasteiger partial charge in [0.05, 0.1) is 32.8 Å². The summed E-state index contributed by atoms with van der Waals surface area (Å²) in [7, 11) is 0. The van der Waals surface area contributed by atoms with Crippen LogP contribution in [-0.2, 0) is 14.2 Å². The molecular weight excluding hydrogens is 397 g/mol. The number of nitrogen functional groups attached to an aromatic ring is 1. The number of hydrogen-bond donors (Lipinski definition) is 2. The maximum atomic E-state index is 15.1. The van der Waals surface area contributed by atoms with Crippen LogP contribution >= 0.6 is 0 Å². The number of alkyl halides is 1. The van der Waals surface area contributed by atoms with Crippen LogP contribution in [0.25, 0.3) is 11.2 Å². The van der Waals surface area contributed by atoms with Crippen molar-refractivity contribution in [1.29, 1.82) is 0 Å². The molecule has 3 aliphatic heterocycles. The van der Waals surface area contributed by atoms with Crippen molar-refractivity contribution in [1.82, 2.24) is 24.4 Å². The number of aliphatic hydroxyl groups excluding tert-OH is 1. The number of ether oxygens (including phenoxy) is 3. The van der Waals surface area contributed by atoms with Crippen molar-refractivity contribution in [2.24, 2.45) is 0 Å². The molecule has 0 spiro atoms. The van der Waals surface area contributed by atoms with Crippen molar-refractivity contribution in [2.45, 2.75) is 24.6 Å². The van der Waals surface area contributed by atoms with Gasteiger partial charge in [0.1, 0.15) is 17.7 Å². The van der Waals surface area contributed by atoms with E-state index in [0.29, 0.717) is 63.2 Å². The zero-order valence-electron chi connectivity index (χ0n) is 16.6. The van der Waals surface area contributed by atoms with Crippen LogP contribution in [0.5, 0.6) is 0 Å². The molecule has 0 bridgehead atoms. The molecule has 0 unspecified atom stereocenters. The minimum absolute atomic E-state index is 0.221. The minimum atomic E-state index is -1.61. The van der Waals surface area contributed by atoms with Crippen LogP contribution in [0.15, 0.2) is 6.33 Å². The summed E-state index contributed by atoms with van der Waals surface area (Å²) in [6, 6.07) is 0. The zero-order valence-corrected chi connectivity index (χ0v) is 16.6. The molecule has 0 amide bonds. The summed E-state index contributed by atoms with van der Waals surface area (Å²) in [6.07, 6.45) is -3.11. The molecule has 0 saturated carbocycles. The van der Waals surface area contributed by atoms with E-state index in [1.165, 1.54) is 10.9 Å². The quantitative estimate of drug-likeness (QED) is 0.644. The molecule has 3 aliphatic rings. The summed E-state index contributed by atoms with van der Waals surface area (Å²) < 4.78 is 33.2. The lowest BCUT2D eigenvalue weighted by Crippen LogP contribution is -2.44. The fourth-order valence-electron chi connectivity index (χ4n) is 4.13. The second kappa shape index (κ2) is 8.19. The van der Waals surface area contributed by atoms with E-state index in [0.717, 1.165) is 13.1 Å². The third kappa shape index (κ3) is 3.58. The first-order valence-electron chi connectivity index (χ1n) is 10.2. The van der Waals surface area contributed by atoms with Crippen LogP contribution in [0.1, 0.15) is 6.23 Å². The zero-order chi connectivity index (χ0) is 20.7. The molecule has 30 heavy (non-hydrogen) atoms. The molecular formula is C18H26FN7O4. The molecule has 5 rings (SSSR count). The fraction of sp³-hybridized carbons (Fsp3) is 0.722. The van der Waals surface area contributed by atoms with Gasteiger partial charge in [-0.3, -0.25) is 9.47 Å². The van der Waals surface area contributed by atoms with Gasteiger partial charge in [-0.05, 0) is 0 Å². The van der Waals surface area contributed by atoms with E-state index < -0.39 is 24.6 Å². The van der Waals surface area contributed by atoms with Crippen LogP contribution < -0.4 is 10.6 Å². The lowest BCUT2D eigenvalue weighted by Gasteiger charge is -2.29. The molecule has 3 N–H and O–H groups in total. The molecule has 0 aliphatic carbocycles. The summed E-state index contributed by atoms with van der Waals surface area (Å²) in [6.45, 7) is 5.59.